The number of hydrogen-bond acceptors (Lipinski definition) is 3. The third kappa shape index (κ3) is 3.67. The van der Waals surface area contributed by atoms with Crippen LogP contribution in [0, 0.1) is 3.70 Å². The predicted octanol–water partition coefficient (Wildman–Crippen LogP) is 1.16. The van der Waals surface area contributed by atoms with Crippen LogP contribution >= 0.6 is 22.6 Å². The van der Waals surface area contributed by atoms with Gasteiger partial charge in [0.2, 0.25) is 0 Å². The zero-order valence-electron chi connectivity index (χ0n) is 8.98. The standard InChI is InChI=1S/C10H15FIN3O/c11-9(7-14-3-5-16-6-4-14)8-15-2-1-10(12)13-15/h1-2,9H,3-8H2. The number of rotatable bonds is 4. The molecule has 0 bridgehead atoms. The van der Waals surface area contributed by atoms with Gasteiger partial charge in [0, 0.05) is 25.8 Å². The fraction of sp³-hybridized carbons (Fsp3) is 0.700. The first-order chi connectivity index (χ1) is 7.74. The van der Waals surface area contributed by atoms with Crippen molar-refractivity contribution >= 4 is 22.6 Å². The highest BCUT2D eigenvalue weighted by atomic mass is 127. The molecule has 0 aliphatic carbocycles. The Kier molecular flexibility index (Phi) is 4.54. The van der Waals surface area contributed by atoms with Crippen molar-refractivity contribution < 1.29 is 9.13 Å². The van der Waals surface area contributed by atoms with Crippen molar-refractivity contribution in [2.45, 2.75) is 12.7 Å². The SMILES string of the molecule is FC(CN1CCOCC1)Cn1ccc(I)n1. The second-order valence-electron chi connectivity index (χ2n) is 3.87. The summed E-state index contributed by atoms with van der Waals surface area (Å²) in [6.07, 6.45) is 0.946. The van der Waals surface area contributed by atoms with Gasteiger partial charge in [0.25, 0.3) is 0 Å². The van der Waals surface area contributed by atoms with Crippen LogP contribution in [0.1, 0.15) is 0 Å². The number of nitrogens with zero attached hydrogens (tertiary/aromatic N) is 3. The molecule has 0 N–H and O–H groups in total. The number of aromatic nitrogens is 2. The van der Waals surface area contributed by atoms with Gasteiger partial charge in [-0.2, -0.15) is 5.10 Å². The van der Waals surface area contributed by atoms with Gasteiger partial charge in [0.15, 0.2) is 0 Å². The minimum absolute atomic E-state index is 0.334. The lowest BCUT2D eigenvalue weighted by atomic mass is 10.3. The molecule has 2 heterocycles. The zero-order chi connectivity index (χ0) is 11.4. The summed E-state index contributed by atoms with van der Waals surface area (Å²) in [6, 6.07) is 1.88. The summed E-state index contributed by atoms with van der Waals surface area (Å²) in [5, 5.41) is 4.16. The fourth-order valence-corrected chi connectivity index (χ4v) is 2.20. The zero-order valence-corrected chi connectivity index (χ0v) is 11.1. The van der Waals surface area contributed by atoms with Gasteiger partial charge in [-0.3, -0.25) is 9.58 Å². The summed E-state index contributed by atoms with van der Waals surface area (Å²) < 4.78 is 21.5. The van der Waals surface area contributed by atoms with Crippen molar-refractivity contribution in [2.24, 2.45) is 0 Å². The second kappa shape index (κ2) is 5.92. The molecule has 0 spiro atoms. The highest BCUT2D eigenvalue weighted by molar-refractivity contribution is 14.1. The smallest absolute Gasteiger partial charge is 0.132 e. The van der Waals surface area contributed by atoms with Crippen molar-refractivity contribution in [1.29, 1.82) is 0 Å². The molecule has 0 radical (unpaired) electrons. The normalized spacial score (nSPS) is 19.9. The molecule has 0 saturated carbocycles. The van der Waals surface area contributed by atoms with E-state index < -0.39 is 6.17 Å². The molecular weight excluding hydrogens is 324 g/mol. The Bertz CT molecular complexity index is 328. The van der Waals surface area contributed by atoms with E-state index in [1.807, 2.05) is 12.3 Å². The van der Waals surface area contributed by atoms with Crippen LogP contribution in [-0.4, -0.2) is 53.7 Å². The van der Waals surface area contributed by atoms with Crippen molar-refractivity contribution in [3.05, 3.63) is 16.0 Å². The molecule has 1 saturated heterocycles. The van der Waals surface area contributed by atoms with Crippen LogP contribution in [-0.2, 0) is 11.3 Å². The molecule has 1 aliphatic heterocycles. The molecule has 1 unspecified atom stereocenters. The fourth-order valence-electron chi connectivity index (χ4n) is 1.76. The van der Waals surface area contributed by atoms with E-state index in [9.17, 15) is 4.39 Å². The van der Waals surface area contributed by atoms with Gasteiger partial charge in [0.1, 0.15) is 9.87 Å². The van der Waals surface area contributed by atoms with Crippen molar-refractivity contribution in [2.75, 3.05) is 32.8 Å². The van der Waals surface area contributed by atoms with Gasteiger partial charge >= 0.3 is 0 Å². The molecule has 16 heavy (non-hydrogen) atoms. The Labute approximate surface area is 108 Å². The first-order valence-corrected chi connectivity index (χ1v) is 6.45. The average Bonchev–Trinajstić information content (AvgIpc) is 2.65. The van der Waals surface area contributed by atoms with Crippen molar-refractivity contribution in [3.8, 4) is 0 Å². The maximum atomic E-state index is 13.7. The maximum absolute atomic E-state index is 13.7. The topological polar surface area (TPSA) is 30.3 Å². The lowest BCUT2D eigenvalue weighted by Crippen LogP contribution is -2.40. The minimum Gasteiger partial charge on any atom is -0.379 e. The molecule has 1 aromatic rings. The van der Waals surface area contributed by atoms with E-state index in [4.69, 9.17) is 4.74 Å². The van der Waals surface area contributed by atoms with E-state index in [1.54, 1.807) is 4.68 Å². The molecule has 6 heteroatoms. The first kappa shape index (κ1) is 12.3. The highest BCUT2D eigenvalue weighted by Crippen LogP contribution is 2.05. The van der Waals surface area contributed by atoms with Gasteiger partial charge in [0.05, 0.1) is 19.8 Å². The Balaban J connectivity index is 1.77. The summed E-state index contributed by atoms with van der Waals surface area (Å²) in [4.78, 5) is 2.10. The number of morpholine rings is 1. The van der Waals surface area contributed by atoms with Crippen LogP contribution in [0.2, 0.25) is 0 Å². The van der Waals surface area contributed by atoms with Gasteiger partial charge in [-0.05, 0) is 28.7 Å². The monoisotopic (exact) mass is 339 g/mol. The van der Waals surface area contributed by atoms with E-state index in [1.165, 1.54) is 0 Å². The van der Waals surface area contributed by atoms with Crippen molar-refractivity contribution in [3.63, 3.8) is 0 Å². The maximum Gasteiger partial charge on any atom is 0.132 e. The summed E-state index contributed by atoms with van der Waals surface area (Å²) in [7, 11) is 0. The Morgan fingerprint density at radius 1 is 1.44 bits per heavy atom. The summed E-state index contributed by atoms with van der Waals surface area (Å²) in [6.45, 7) is 3.90. The summed E-state index contributed by atoms with van der Waals surface area (Å²) >= 11 is 2.12. The third-order valence-corrected chi connectivity index (χ3v) is 3.13. The molecule has 0 aromatic carbocycles. The molecule has 2 rings (SSSR count). The minimum atomic E-state index is -0.867. The second-order valence-corrected chi connectivity index (χ2v) is 4.98. The van der Waals surface area contributed by atoms with Gasteiger partial charge in [-0.15, -0.1) is 0 Å². The Hall–Kier alpha value is -0.210. The molecule has 1 aromatic heterocycles. The van der Waals surface area contributed by atoms with E-state index in [0.717, 1.165) is 16.8 Å². The van der Waals surface area contributed by atoms with Gasteiger partial charge in [-0.25, -0.2) is 4.39 Å². The highest BCUT2D eigenvalue weighted by Gasteiger charge is 2.16. The largest absolute Gasteiger partial charge is 0.379 e. The number of hydrogen-bond donors (Lipinski definition) is 0. The predicted molar refractivity (Wildman–Crippen MR) is 67.1 cm³/mol. The van der Waals surface area contributed by atoms with Crippen LogP contribution < -0.4 is 0 Å². The molecular formula is C10H15FIN3O. The molecule has 90 valence electrons. The number of alkyl halides is 1. The van der Waals surface area contributed by atoms with Crippen molar-refractivity contribution in [1.82, 2.24) is 14.7 Å². The average molecular weight is 339 g/mol. The van der Waals surface area contributed by atoms with Gasteiger partial charge in [-0.1, -0.05) is 0 Å². The quantitative estimate of drug-likeness (QED) is 0.772. The molecule has 1 atom stereocenters. The van der Waals surface area contributed by atoms with Gasteiger partial charge < -0.3 is 4.74 Å². The van der Waals surface area contributed by atoms with E-state index in [-0.39, 0.29) is 0 Å². The van der Waals surface area contributed by atoms with E-state index in [0.29, 0.717) is 26.3 Å². The number of halogens is 2. The molecule has 1 aliphatic rings. The lowest BCUT2D eigenvalue weighted by molar-refractivity contribution is 0.0251. The van der Waals surface area contributed by atoms with E-state index in [2.05, 4.69) is 32.6 Å². The number of ether oxygens (including phenoxy) is 1. The molecule has 4 nitrogen and oxygen atoms in total. The lowest BCUT2D eigenvalue weighted by Gasteiger charge is -2.27. The summed E-state index contributed by atoms with van der Waals surface area (Å²) in [5.41, 5.74) is 0. The Morgan fingerprint density at radius 2 is 2.19 bits per heavy atom. The van der Waals surface area contributed by atoms with E-state index >= 15 is 0 Å². The van der Waals surface area contributed by atoms with Crippen LogP contribution in [0.25, 0.3) is 0 Å². The molecule has 0 amide bonds. The molecule has 1 fully saturated rings. The summed E-state index contributed by atoms with van der Waals surface area (Å²) in [5.74, 6) is 0. The third-order valence-electron chi connectivity index (χ3n) is 2.55. The van der Waals surface area contributed by atoms with Crippen LogP contribution in [0.5, 0.6) is 0 Å². The van der Waals surface area contributed by atoms with Crippen LogP contribution in [0.3, 0.4) is 0 Å². The van der Waals surface area contributed by atoms with Crippen LogP contribution in [0.15, 0.2) is 12.3 Å². The Morgan fingerprint density at radius 3 is 2.81 bits per heavy atom. The van der Waals surface area contributed by atoms with Crippen LogP contribution in [0.4, 0.5) is 4.39 Å². The first-order valence-electron chi connectivity index (χ1n) is 5.37.